The van der Waals surface area contributed by atoms with E-state index in [1.807, 2.05) is 6.07 Å². The van der Waals surface area contributed by atoms with Crippen molar-refractivity contribution < 1.29 is 18.0 Å². The van der Waals surface area contributed by atoms with Gasteiger partial charge in [-0.3, -0.25) is 25.2 Å². The number of carbonyl (C=O) groups excluding carboxylic acids is 2. The minimum absolute atomic E-state index is 0.0278. The standard InChI is InChI=1S/C21H19N3O4S2/c25-20(22-23-21(26)19-13-15-5-4-8-18(15)29-19)14-9-11-17(12-10-14)30(27,28)24-16-6-2-1-3-7-16/h1-3,6-7,9-13,24H,4-5,8H2,(H,22,25)(H,23,26). The molecule has 1 aromatic heterocycles. The van der Waals surface area contributed by atoms with E-state index in [4.69, 9.17) is 0 Å². The molecule has 0 atom stereocenters. The first kappa shape index (κ1) is 20.1. The number of nitrogens with one attached hydrogen (secondary N) is 3. The van der Waals surface area contributed by atoms with Crippen LogP contribution in [0.2, 0.25) is 0 Å². The number of thiophene rings is 1. The first-order chi connectivity index (χ1) is 14.4. The van der Waals surface area contributed by atoms with Gasteiger partial charge in [-0.15, -0.1) is 11.3 Å². The summed E-state index contributed by atoms with van der Waals surface area (Å²) in [6.07, 6.45) is 3.10. The summed E-state index contributed by atoms with van der Waals surface area (Å²) in [6, 6.07) is 15.9. The van der Waals surface area contributed by atoms with Gasteiger partial charge in [0.1, 0.15) is 0 Å². The van der Waals surface area contributed by atoms with E-state index in [0.717, 1.165) is 19.3 Å². The maximum atomic E-state index is 12.4. The molecule has 0 bridgehead atoms. The van der Waals surface area contributed by atoms with Gasteiger partial charge in [0.25, 0.3) is 21.8 Å². The zero-order valence-corrected chi connectivity index (χ0v) is 17.5. The van der Waals surface area contributed by atoms with Crippen molar-refractivity contribution >= 4 is 38.9 Å². The second-order valence-corrected chi connectivity index (χ2v) is 9.64. The number of anilines is 1. The van der Waals surface area contributed by atoms with Gasteiger partial charge in [-0.2, -0.15) is 0 Å². The average Bonchev–Trinajstić information content (AvgIpc) is 3.35. The van der Waals surface area contributed by atoms with Crippen LogP contribution in [0.5, 0.6) is 0 Å². The van der Waals surface area contributed by atoms with Gasteiger partial charge >= 0.3 is 0 Å². The second-order valence-electron chi connectivity index (χ2n) is 6.82. The lowest BCUT2D eigenvalue weighted by atomic mass is 10.2. The van der Waals surface area contributed by atoms with Crippen LogP contribution >= 0.6 is 11.3 Å². The van der Waals surface area contributed by atoms with Crippen LogP contribution in [0.3, 0.4) is 0 Å². The molecule has 7 nitrogen and oxygen atoms in total. The van der Waals surface area contributed by atoms with Crippen LogP contribution in [0.15, 0.2) is 65.6 Å². The third-order valence-electron chi connectivity index (χ3n) is 4.71. The quantitative estimate of drug-likeness (QED) is 0.529. The summed E-state index contributed by atoms with van der Waals surface area (Å²) < 4.78 is 27.4. The number of para-hydroxylation sites is 1. The van der Waals surface area contributed by atoms with E-state index in [9.17, 15) is 18.0 Å². The Hall–Kier alpha value is -3.17. The number of hydrogen-bond acceptors (Lipinski definition) is 5. The Balaban J connectivity index is 1.37. The van der Waals surface area contributed by atoms with Crippen molar-refractivity contribution in [3.63, 3.8) is 0 Å². The summed E-state index contributed by atoms with van der Waals surface area (Å²) in [4.78, 5) is 26.3. The van der Waals surface area contributed by atoms with Crippen molar-refractivity contribution in [1.82, 2.24) is 10.9 Å². The monoisotopic (exact) mass is 441 g/mol. The van der Waals surface area contributed by atoms with Crippen LogP contribution in [0.4, 0.5) is 5.69 Å². The van der Waals surface area contributed by atoms with Crippen LogP contribution in [-0.2, 0) is 22.9 Å². The molecule has 1 heterocycles. The lowest BCUT2D eigenvalue weighted by Crippen LogP contribution is -2.41. The largest absolute Gasteiger partial charge is 0.280 e. The van der Waals surface area contributed by atoms with E-state index in [2.05, 4.69) is 15.6 Å². The van der Waals surface area contributed by atoms with Gasteiger partial charge in [0.2, 0.25) is 0 Å². The number of hydrazine groups is 1. The van der Waals surface area contributed by atoms with Crippen molar-refractivity contribution in [2.75, 3.05) is 4.72 Å². The van der Waals surface area contributed by atoms with E-state index in [1.165, 1.54) is 46.0 Å². The van der Waals surface area contributed by atoms with E-state index < -0.39 is 15.9 Å². The molecule has 1 aliphatic rings. The number of amides is 2. The van der Waals surface area contributed by atoms with Crippen LogP contribution < -0.4 is 15.6 Å². The normalized spacial score (nSPS) is 12.8. The molecule has 4 rings (SSSR count). The van der Waals surface area contributed by atoms with Crippen molar-refractivity contribution in [2.45, 2.75) is 24.2 Å². The molecule has 2 aromatic carbocycles. The minimum Gasteiger partial charge on any atom is -0.280 e. The van der Waals surface area contributed by atoms with E-state index in [0.29, 0.717) is 10.6 Å². The van der Waals surface area contributed by atoms with E-state index >= 15 is 0 Å². The van der Waals surface area contributed by atoms with Crippen LogP contribution in [0.25, 0.3) is 0 Å². The van der Waals surface area contributed by atoms with Crippen molar-refractivity contribution in [2.24, 2.45) is 0 Å². The molecular formula is C21H19N3O4S2. The number of benzene rings is 2. The Morgan fingerprint density at radius 3 is 2.27 bits per heavy atom. The average molecular weight is 442 g/mol. The maximum absolute atomic E-state index is 12.4. The van der Waals surface area contributed by atoms with Gasteiger partial charge in [-0.1, -0.05) is 18.2 Å². The molecule has 30 heavy (non-hydrogen) atoms. The Bertz CT molecular complexity index is 1170. The van der Waals surface area contributed by atoms with Gasteiger partial charge in [-0.05, 0) is 67.3 Å². The molecule has 0 aliphatic heterocycles. The molecule has 0 radical (unpaired) electrons. The Morgan fingerprint density at radius 1 is 0.867 bits per heavy atom. The van der Waals surface area contributed by atoms with E-state index in [1.54, 1.807) is 30.3 Å². The summed E-state index contributed by atoms with van der Waals surface area (Å²) in [5, 5.41) is 0. The molecule has 2 amide bonds. The van der Waals surface area contributed by atoms with Crippen molar-refractivity contribution in [3.8, 4) is 0 Å². The molecule has 0 saturated heterocycles. The highest BCUT2D eigenvalue weighted by atomic mass is 32.2. The second kappa shape index (κ2) is 8.29. The van der Waals surface area contributed by atoms with Gasteiger partial charge in [0, 0.05) is 16.1 Å². The highest BCUT2D eigenvalue weighted by Crippen LogP contribution is 2.30. The first-order valence-corrected chi connectivity index (χ1v) is 11.6. The number of carbonyl (C=O) groups is 2. The molecule has 3 aromatic rings. The molecule has 0 spiro atoms. The summed E-state index contributed by atoms with van der Waals surface area (Å²) in [5.74, 6) is -0.901. The predicted molar refractivity (Wildman–Crippen MR) is 115 cm³/mol. The first-order valence-electron chi connectivity index (χ1n) is 9.32. The van der Waals surface area contributed by atoms with Crippen LogP contribution in [0, 0.1) is 0 Å². The molecule has 0 saturated carbocycles. The molecule has 3 N–H and O–H groups in total. The number of aryl methyl sites for hydroxylation is 2. The molecule has 154 valence electrons. The molecule has 9 heteroatoms. The van der Waals surface area contributed by atoms with E-state index in [-0.39, 0.29) is 16.4 Å². The Morgan fingerprint density at radius 2 is 1.57 bits per heavy atom. The lowest BCUT2D eigenvalue weighted by Gasteiger charge is -2.09. The molecule has 1 aliphatic carbocycles. The van der Waals surface area contributed by atoms with Crippen LogP contribution in [-0.4, -0.2) is 20.2 Å². The van der Waals surface area contributed by atoms with Gasteiger partial charge in [0.15, 0.2) is 0 Å². The highest BCUT2D eigenvalue weighted by Gasteiger charge is 2.19. The van der Waals surface area contributed by atoms with Crippen LogP contribution in [0.1, 0.15) is 36.9 Å². The highest BCUT2D eigenvalue weighted by molar-refractivity contribution is 7.92. The smallest absolute Gasteiger partial charge is 0.279 e. The third-order valence-corrected chi connectivity index (χ3v) is 7.35. The number of fused-ring (bicyclic) bond motifs is 1. The summed E-state index contributed by atoms with van der Waals surface area (Å²) in [7, 11) is -3.77. The predicted octanol–water partition coefficient (Wildman–Crippen LogP) is 3.11. The molecular weight excluding hydrogens is 422 g/mol. The summed E-state index contributed by atoms with van der Waals surface area (Å²) in [5.41, 5.74) is 6.64. The van der Waals surface area contributed by atoms with Crippen molar-refractivity contribution in [1.29, 1.82) is 0 Å². The minimum atomic E-state index is -3.77. The van der Waals surface area contributed by atoms with Gasteiger partial charge in [0.05, 0.1) is 9.77 Å². The third kappa shape index (κ3) is 4.37. The number of sulfonamides is 1. The maximum Gasteiger partial charge on any atom is 0.279 e. The topological polar surface area (TPSA) is 104 Å². The fourth-order valence-corrected chi connectivity index (χ4v) is 5.40. The van der Waals surface area contributed by atoms with Gasteiger partial charge in [-0.25, -0.2) is 8.42 Å². The summed E-state index contributed by atoms with van der Waals surface area (Å²) >= 11 is 1.45. The zero-order valence-electron chi connectivity index (χ0n) is 15.8. The molecule has 0 fully saturated rings. The zero-order chi connectivity index (χ0) is 21.1. The fourth-order valence-electron chi connectivity index (χ4n) is 3.19. The lowest BCUT2D eigenvalue weighted by molar-refractivity contribution is 0.0849. The fraction of sp³-hybridized carbons (Fsp3) is 0.143. The number of hydrogen-bond donors (Lipinski definition) is 3. The Kier molecular flexibility index (Phi) is 5.56. The molecule has 0 unspecified atom stereocenters. The summed E-state index contributed by atoms with van der Waals surface area (Å²) in [6.45, 7) is 0. The van der Waals surface area contributed by atoms with Crippen molar-refractivity contribution in [3.05, 3.63) is 81.5 Å². The SMILES string of the molecule is O=C(NNC(=O)c1cc2c(s1)CCC2)c1ccc(S(=O)(=O)Nc2ccccc2)cc1. The Labute approximate surface area is 178 Å². The number of rotatable bonds is 5. The van der Waals surface area contributed by atoms with Gasteiger partial charge < -0.3 is 0 Å².